The molecule has 90 valence electrons. The molecule has 1 aromatic carbocycles. The number of hydrogen-bond acceptors (Lipinski definition) is 5. The lowest BCUT2D eigenvalue weighted by Crippen LogP contribution is -2.05. The molecule has 7 heteroatoms. The average molecular weight is 263 g/mol. The topological polar surface area (TPSA) is 97.8 Å². The molecule has 3 N–H and O–H groups in total. The average Bonchev–Trinajstić information content (AvgIpc) is 2.73. The quantitative estimate of drug-likeness (QED) is 0.652. The number of aromatic amines is 1. The van der Waals surface area contributed by atoms with Crippen LogP contribution >= 0.6 is 11.6 Å². The summed E-state index contributed by atoms with van der Waals surface area (Å²) in [5.74, 6) is 0.294. The van der Waals surface area contributed by atoms with Crippen LogP contribution in [0.4, 0.5) is 5.69 Å². The van der Waals surface area contributed by atoms with Crippen LogP contribution in [-0.2, 0) is 0 Å². The summed E-state index contributed by atoms with van der Waals surface area (Å²) in [6.07, 6.45) is 0. The van der Waals surface area contributed by atoms with Gasteiger partial charge in [0.25, 0.3) is 5.56 Å². The van der Waals surface area contributed by atoms with Gasteiger partial charge in [0.15, 0.2) is 5.58 Å². The number of fused-ring (bicyclic) bond motifs is 1. The van der Waals surface area contributed by atoms with Gasteiger partial charge in [-0.15, -0.1) is 0 Å². The van der Waals surface area contributed by atoms with Crippen molar-refractivity contribution in [1.29, 1.82) is 0 Å². The van der Waals surface area contributed by atoms with E-state index in [-0.39, 0.29) is 5.56 Å². The summed E-state index contributed by atoms with van der Waals surface area (Å²) in [7, 11) is 0. The van der Waals surface area contributed by atoms with Crippen LogP contribution in [-0.4, -0.2) is 15.2 Å². The van der Waals surface area contributed by atoms with Gasteiger partial charge in [0.05, 0.1) is 10.7 Å². The SMILES string of the molecule is Nc1cc2oc(-c3ccc(=O)[nH]n3)nc2cc1Cl. The summed E-state index contributed by atoms with van der Waals surface area (Å²) in [5, 5.41) is 6.55. The first kappa shape index (κ1) is 10.8. The Labute approximate surface area is 105 Å². The van der Waals surface area contributed by atoms with Crippen LogP contribution in [0.25, 0.3) is 22.7 Å². The molecule has 0 aliphatic rings. The molecule has 0 aliphatic heterocycles. The lowest BCUT2D eigenvalue weighted by atomic mass is 10.3. The van der Waals surface area contributed by atoms with Crippen LogP contribution < -0.4 is 11.3 Å². The zero-order chi connectivity index (χ0) is 12.7. The monoisotopic (exact) mass is 262 g/mol. The molecule has 0 saturated carbocycles. The number of anilines is 1. The highest BCUT2D eigenvalue weighted by atomic mass is 35.5. The van der Waals surface area contributed by atoms with Crippen molar-refractivity contribution in [2.24, 2.45) is 0 Å². The molecule has 3 rings (SSSR count). The normalized spacial score (nSPS) is 10.9. The molecule has 0 amide bonds. The maximum absolute atomic E-state index is 10.9. The third kappa shape index (κ3) is 1.72. The highest BCUT2D eigenvalue weighted by molar-refractivity contribution is 6.33. The van der Waals surface area contributed by atoms with Gasteiger partial charge in [-0.25, -0.2) is 10.1 Å². The molecule has 3 aromatic rings. The van der Waals surface area contributed by atoms with Crippen molar-refractivity contribution >= 4 is 28.4 Å². The maximum atomic E-state index is 10.9. The first-order valence-electron chi connectivity index (χ1n) is 5.05. The second kappa shape index (κ2) is 3.85. The second-order valence-corrected chi connectivity index (χ2v) is 4.07. The number of nitrogen functional groups attached to an aromatic ring is 1. The molecule has 0 fully saturated rings. The molecule has 18 heavy (non-hydrogen) atoms. The summed E-state index contributed by atoms with van der Waals surface area (Å²) in [6.45, 7) is 0. The first-order valence-corrected chi connectivity index (χ1v) is 5.43. The van der Waals surface area contributed by atoms with Gasteiger partial charge >= 0.3 is 0 Å². The van der Waals surface area contributed by atoms with Crippen LogP contribution in [0.3, 0.4) is 0 Å². The minimum absolute atomic E-state index is 0.290. The number of oxazole rings is 1. The van der Waals surface area contributed by atoms with E-state index in [0.717, 1.165) is 0 Å². The molecule has 0 bridgehead atoms. The van der Waals surface area contributed by atoms with Gasteiger partial charge in [0.2, 0.25) is 5.89 Å². The van der Waals surface area contributed by atoms with Gasteiger partial charge in [0.1, 0.15) is 11.2 Å². The lowest BCUT2D eigenvalue weighted by Gasteiger charge is -1.94. The predicted octanol–water partition coefficient (Wildman–Crippen LogP) is 1.81. The van der Waals surface area contributed by atoms with Crippen LogP contribution in [0.1, 0.15) is 0 Å². The van der Waals surface area contributed by atoms with E-state index in [1.807, 2.05) is 0 Å². The van der Waals surface area contributed by atoms with Crippen molar-refractivity contribution in [2.75, 3.05) is 5.73 Å². The Kier molecular flexibility index (Phi) is 2.31. The Hall–Kier alpha value is -2.34. The largest absolute Gasteiger partial charge is 0.435 e. The van der Waals surface area contributed by atoms with Gasteiger partial charge in [-0.2, -0.15) is 5.10 Å². The summed E-state index contributed by atoms with van der Waals surface area (Å²) >= 11 is 5.89. The van der Waals surface area contributed by atoms with Gasteiger partial charge in [-0.1, -0.05) is 11.6 Å². The molecule has 2 aromatic heterocycles. The zero-order valence-electron chi connectivity index (χ0n) is 8.98. The molecule has 0 radical (unpaired) electrons. The molecule has 0 aliphatic carbocycles. The Balaban J connectivity index is 2.19. The van der Waals surface area contributed by atoms with E-state index in [2.05, 4.69) is 15.2 Å². The van der Waals surface area contributed by atoms with Crippen molar-refractivity contribution in [3.05, 3.63) is 39.6 Å². The summed E-state index contributed by atoms with van der Waals surface area (Å²) in [5.41, 5.74) is 7.32. The van der Waals surface area contributed by atoms with Crippen molar-refractivity contribution in [2.45, 2.75) is 0 Å². The van der Waals surface area contributed by atoms with Crippen LogP contribution in [0.15, 0.2) is 33.5 Å². The number of nitrogens with zero attached hydrogens (tertiary/aromatic N) is 2. The Morgan fingerprint density at radius 3 is 2.89 bits per heavy atom. The van der Waals surface area contributed by atoms with E-state index < -0.39 is 0 Å². The molecular formula is C11H7ClN4O2. The Bertz CT molecular complexity index is 734. The van der Waals surface area contributed by atoms with Crippen molar-refractivity contribution in [3.63, 3.8) is 0 Å². The molecule has 0 spiro atoms. The minimum atomic E-state index is -0.290. The fraction of sp³-hybridized carbons (Fsp3) is 0. The maximum Gasteiger partial charge on any atom is 0.264 e. The standard InChI is InChI=1S/C11H7ClN4O2/c12-5-3-8-9(4-6(5)13)18-11(14-8)7-1-2-10(17)16-15-7/h1-4H,13H2,(H,16,17). The van der Waals surface area contributed by atoms with Gasteiger partial charge in [-0.05, 0) is 12.1 Å². The van der Waals surface area contributed by atoms with Crippen LogP contribution in [0.5, 0.6) is 0 Å². The number of H-pyrrole nitrogens is 1. The van der Waals surface area contributed by atoms with Crippen molar-refractivity contribution < 1.29 is 4.42 Å². The Morgan fingerprint density at radius 1 is 1.33 bits per heavy atom. The highest BCUT2D eigenvalue weighted by Gasteiger charge is 2.11. The first-order chi connectivity index (χ1) is 8.63. The third-order valence-corrected chi connectivity index (χ3v) is 2.73. The second-order valence-electron chi connectivity index (χ2n) is 3.67. The van der Waals surface area contributed by atoms with Crippen molar-refractivity contribution in [1.82, 2.24) is 15.2 Å². The number of hydrogen-bond donors (Lipinski definition) is 2. The van der Waals surface area contributed by atoms with Crippen molar-refractivity contribution in [3.8, 4) is 11.6 Å². The van der Waals surface area contributed by atoms with Gasteiger partial charge < -0.3 is 10.2 Å². The fourth-order valence-electron chi connectivity index (χ4n) is 1.54. The number of nitrogens with two attached hydrogens (primary N) is 1. The molecule has 2 heterocycles. The van der Waals surface area contributed by atoms with Gasteiger partial charge in [0, 0.05) is 12.1 Å². The lowest BCUT2D eigenvalue weighted by molar-refractivity contribution is 0.615. The molecule has 0 unspecified atom stereocenters. The van der Waals surface area contributed by atoms with E-state index >= 15 is 0 Å². The molecule has 0 atom stereocenters. The molecular weight excluding hydrogens is 256 g/mol. The number of benzene rings is 1. The van der Waals surface area contributed by atoms with Crippen LogP contribution in [0, 0.1) is 0 Å². The predicted molar refractivity (Wildman–Crippen MR) is 67.3 cm³/mol. The van der Waals surface area contributed by atoms with E-state index in [4.69, 9.17) is 21.8 Å². The third-order valence-electron chi connectivity index (χ3n) is 2.41. The van der Waals surface area contributed by atoms with E-state index in [0.29, 0.717) is 33.4 Å². The summed E-state index contributed by atoms with van der Waals surface area (Å²) in [6, 6.07) is 6.08. The van der Waals surface area contributed by atoms with E-state index in [1.54, 1.807) is 12.1 Å². The summed E-state index contributed by atoms with van der Waals surface area (Å²) in [4.78, 5) is 15.1. The highest BCUT2D eigenvalue weighted by Crippen LogP contribution is 2.28. The number of nitrogens with one attached hydrogen (secondary N) is 1. The zero-order valence-corrected chi connectivity index (χ0v) is 9.73. The van der Waals surface area contributed by atoms with E-state index in [9.17, 15) is 4.79 Å². The molecule has 6 nitrogen and oxygen atoms in total. The smallest absolute Gasteiger partial charge is 0.264 e. The fourth-order valence-corrected chi connectivity index (χ4v) is 1.70. The number of aromatic nitrogens is 3. The van der Waals surface area contributed by atoms with Crippen LogP contribution in [0.2, 0.25) is 5.02 Å². The molecule has 0 saturated heterocycles. The number of halogens is 1. The summed E-state index contributed by atoms with van der Waals surface area (Å²) < 4.78 is 5.50. The minimum Gasteiger partial charge on any atom is -0.435 e. The number of rotatable bonds is 1. The van der Waals surface area contributed by atoms with Gasteiger partial charge in [-0.3, -0.25) is 4.79 Å². The Morgan fingerprint density at radius 2 is 2.17 bits per heavy atom. The van der Waals surface area contributed by atoms with E-state index in [1.165, 1.54) is 12.1 Å².